The van der Waals surface area contributed by atoms with Gasteiger partial charge in [0.15, 0.2) is 0 Å². The predicted molar refractivity (Wildman–Crippen MR) is 95.9 cm³/mol. The molecule has 0 unspecified atom stereocenters. The molecule has 0 atom stereocenters. The van der Waals surface area contributed by atoms with E-state index in [-0.39, 0.29) is 33.8 Å². The van der Waals surface area contributed by atoms with E-state index in [4.69, 9.17) is 12.3 Å². The molecule has 2 rings (SSSR count). The van der Waals surface area contributed by atoms with E-state index in [0.717, 1.165) is 13.8 Å². The molecule has 0 saturated heterocycles. The highest BCUT2D eigenvalue weighted by molar-refractivity contribution is 6.06. The molecule has 0 aliphatic rings. The summed E-state index contributed by atoms with van der Waals surface area (Å²) in [7, 11) is 0. The Balaban J connectivity index is 2.48. The van der Waals surface area contributed by atoms with Crippen LogP contribution >= 0.6 is 0 Å². The van der Waals surface area contributed by atoms with Crippen LogP contribution in [0.15, 0.2) is 30.3 Å². The number of nitrogens with one attached hydrogen (secondary N) is 1. The summed E-state index contributed by atoms with van der Waals surface area (Å²) < 4.78 is 92.2. The third kappa shape index (κ3) is 3.90. The Morgan fingerprint density at radius 3 is 1.87 bits per heavy atom. The fraction of sp³-hybridized carbons (Fsp3) is 0.263. The van der Waals surface area contributed by atoms with E-state index in [0.29, 0.717) is 12.1 Å². The lowest BCUT2D eigenvalue weighted by atomic mass is 9.90. The minimum Gasteiger partial charge on any atom is -0.407 e. The highest BCUT2D eigenvalue weighted by atomic mass is 19.4. The average Bonchev–Trinajstić information content (AvgIpc) is 2.61. The number of hydrogen-bond acceptors (Lipinski definition) is 2. The first-order chi connectivity index (χ1) is 13.6. The zero-order valence-corrected chi connectivity index (χ0v) is 15.5. The zero-order valence-electron chi connectivity index (χ0n) is 15.5. The second kappa shape index (κ2) is 7.51. The molecule has 0 bridgehead atoms. The molecule has 0 saturated carbocycles. The molecule has 3 N–H and O–H groups in total. The number of amides is 1. The highest BCUT2D eigenvalue weighted by Crippen LogP contribution is 2.53. The molecular weight excluding hydrogens is 419 g/mol. The topological polar surface area (TPSA) is 59.5 Å². The van der Waals surface area contributed by atoms with E-state index >= 15 is 0 Å². The Morgan fingerprint density at radius 2 is 1.47 bits per heavy atom. The van der Waals surface area contributed by atoms with Crippen molar-refractivity contribution in [3.8, 4) is 0 Å². The van der Waals surface area contributed by atoms with Crippen LogP contribution in [0, 0.1) is 20.4 Å². The number of hydrogen-bond donors (Lipinski definition) is 2. The first-order valence-electron chi connectivity index (χ1n) is 8.16. The molecule has 1 amide bonds. The summed E-state index contributed by atoms with van der Waals surface area (Å²) in [5.41, 5.74) is -1.96. The Bertz CT molecular complexity index is 999. The predicted octanol–water partition coefficient (Wildman–Crippen LogP) is 5.98. The number of carbonyl (C=O) groups is 1. The molecular formula is C19H14F7N3O. The first kappa shape index (κ1) is 23.0. The van der Waals surface area contributed by atoms with Gasteiger partial charge < -0.3 is 11.1 Å². The Morgan fingerprint density at radius 1 is 0.967 bits per heavy atom. The van der Waals surface area contributed by atoms with Gasteiger partial charge in [-0.1, -0.05) is 24.3 Å². The van der Waals surface area contributed by atoms with Gasteiger partial charge in [-0.25, -0.2) is 9.24 Å². The van der Waals surface area contributed by atoms with Gasteiger partial charge in [0.1, 0.15) is 0 Å². The lowest BCUT2D eigenvalue weighted by Gasteiger charge is -2.31. The SMILES string of the molecule is [C-]#[N+]c1ccc(C(=O)Nc2c(C)cc(C(F)(C(F)(F)F)C(F)(F)F)cc2C)cc1N. The molecule has 0 aliphatic carbocycles. The molecule has 0 aromatic heterocycles. The highest BCUT2D eigenvalue weighted by Gasteiger charge is 2.73. The Kier molecular flexibility index (Phi) is 5.76. The van der Waals surface area contributed by atoms with Crippen LogP contribution < -0.4 is 11.1 Å². The molecule has 4 nitrogen and oxygen atoms in total. The van der Waals surface area contributed by atoms with Crippen molar-refractivity contribution in [1.29, 1.82) is 0 Å². The summed E-state index contributed by atoms with van der Waals surface area (Å²) in [5, 5.41) is 2.36. The van der Waals surface area contributed by atoms with E-state index in [1.807, 2.05) is 0 Å². The van der Waals surface area contributed by atoms with Crippen LogP contribution in [-0.2, 0) is 5.67 Å². The van der Waals surface area contributed by atoms with Crippen LogP contribution in [-0.4, -0.2) is 18.3 Å². The summed E-state index contributed by atoms with van der Waals surface area (Å²) in [5.74, 6) is -0.768. The van der Waals surface area contributed by atoms with E-state index in [2.05, 4.69) is 10.2 Å². The number of nitrogens with zero attached hydrogens (tertiary/aromatic N) is 1. The number of anilines is 2. The number of halogens is 7. The first-order valence-corrected chi connectivity index (χ1v) is 8.16. The normalized spacial score (nSPS) is 12.4. The number of benzene rings is 2. The van der Waals surface area contributed by atoms with Crippen LogP contribution in [0.1, 0.15) is 27.0 Å². The van der Waals surface area contributed by atoms with Crippen LogP contribution in [0.3, 0.4) is 0 Å². The second-order valence-corrected chi connectivity index (χ2v) is 6.48. The maximum atomic E-state index is 14.3. The van der Waals surface area contributed by atoms with Crippen molar-refractivity contribution in [2.45, 2.75) is 31.9 Å². The fourth-order valence-corrected chi connectivity index (χ4v) is 2.83. The van der Waals surface area contributed by atoms with Crippen LogP contribution in [0.25, 0.3) is 4.85 Å². The molecule has 11 heteroatoms. The minimum absolute atomic E-state index is 0.00759. The summed E-state index contributed by atoms with van der Waals surface area (Å²) in [6, 6.07) is 4.53. The van der Waals surface area contributed by atoms with Crippen molar-refractivity contribution < 1.29 is 35.5 Å². The Hall–Kier alpha value is -3.29. The monoisotopic (exact) mass is 433 g/mol. The maximum absolute atomic E-state index is 14.3. The van der Waals surface area contributed by atoms with Gasteiger partial charge in [0.05, 0.1) is 6.57 Å². The van der Waals surface area contributed by atoms with E-state index in [1.54, 1.807) is 0 Å². The van der Waals surface area contributed by atoms with Crippen molar-refractivity contribution in [1.82, 2.24) is 0 Å². The third-order valence-corrected chi connectivity index (χ3v) is 4.36. The maximum Gasteiger partial charge on any atom is 0.435 e. The van der Waals surface area contributed by atoms with Crippen molar-refractivity contribution >= 4 is 23.0 Å². The lowest BCUT2D eigenvalue weighted by molar-refractivity contribution is -0.348. The van der Waals surface area contributed by atoms with Gasteiger partial charge in [0, 0.05) is 22.5 Å². The summed E-state index contributed by atoms with van der Waals surface area (Å²) in [4.78, 5) is 15.5. The average molecular weight is 433 g/mol. The molecule has 2 aromatic carbocycles. The number of nitrogens with two attached hydrogens (primary N) is 1. The van der Waals surface area contributed by atoms with Crippen molar-refractivity contribution in [2.75, 3.05) is 11.1 Å². The van der Waals surface area contributed by atoms with Gasteiger partial charge in [-0.2, -0.15) is 26.3 Å². The molecule has 0 heterocycles. The van der Waals surface area contributed by atoms with Crippen LogP contribution in [0.2, 0.25) is 0 Å². The van der Waals surface area contributed by atoms with Crippen LogP contribution in [0.4, 0.5) is 47.8 Å². The van der Waals surface area contributed by atoms with Gasteiger partial charge in [0.25, 0.3) is 5.91 Å². The second-order valence-electron chi connectivity index (χ2n) is 6.48. The molecule has 2 aromatic rings. The number of alkyl halides is 7. The third-order valence-electron chi connectivity index (χ3n) is 4.36. The van der Waals surface area contributed by atoms with Crippen molar-refractivity contribution in [3.63, 3.8) is 0 Å². The Labute approximate surface area is 166 Å². The van der Waals surface area contributed by atoms with E-state index < -0.39 is 29.5 Å². The number of carbonyl (C=O) groups excluding carboxylic acids is 1. The standard InChI is InChI=1S/C19H14F7N3O/c1-9-6-12(17(20,18(21,22)23)19(24,25)26)7-10(2)15(9)29-16(30)11-4-5-14(28-3)13(27)8-11/h4-8H,27H2,1-2H3,(H,29,30). The van der Waals surface area contributed by atoms with Crippen molar-refractivity contribution in [3.05, 3.63) is 64.0 Å². The van der Waals surface area contributed by atoms with Gasteiger partial charge in [0.2, 0.25) is 5.69 Å². The van der Waals surface area contributed by atoms with Gasteiger partial charge >= 0.3 is 18.0 Å². The van der Waals surface area contributed by atoms with Gasteiger partial charge in [-0.05, 0) is 31.0 Å². The summed E-state index contributed by atoms with van der Waals surface area (Å²) in [6.45, 7) is 9.18. The number of nitrogen functional groups attached to an aromatic ring is 1. The number of rotatable bonds is 3. The van der Waals surface area contributed by atoms with Gasteiger partial charge in [-0.15, -0.1) is 0 Å². The van der Waals surface area contributed by atoms with Crippen molar-refractivity contribution in [2.24, 2.45) is 0 Å². The largest absolute Gasteiger partial charge is 0.435 e. The van der Waals surface area contributed by atoms with Crippen LogP contribution in [0.5, 0.6) is 0 Å². The molecule has 0 spiro atoms. The van der Waals surface area contributed by atoms with E-state index in [9.17, 15) is 35.5 Å². The van der Waals surface area contributed by atoms with E-state index in [1.165, 1.54) is 18.2 Å². The molecule has 0 fully saturated rings. The summed E-state index contributed by atoms with van der Waals surface area (Å²) in [6.07, 6.45) is -12.5. The fourth-order valence-electron chi connectivity index (χ4n) is 2.83. The zero-order chi connectivity index (χ0) is 23.1. The molecule has 0 radical (unpaired) electrons. The smallest absolute Gasteiger partial charge is 0.407 e. The minimum atomic E-state index is -6.24. The molecule has 160 valence electrons. The molecule has 0 aliphatic heterocycles. The quantitative estimate of drug-likeness (QED) is 0.356. The van der Waals surface area contributed by atoms with Gasteiger partial charge in [-0.3, -0.25) is 4.79 Å². The number of aryl methyl sites for hydroxylation is 2. The summed E-state index contributed by atoms with van der Waals surface area (Å²) >= 11 is 0. The molecule has 30 heavy (non-hydrogen) atoms. The lowest BCUT2D eigenvalue weighted by Crippen LogP contribution is -2.50.